The maximum atomic E-state index is 11.3. The molecule has 0 unspecified atom stereocenters. The number of aromatic nitrogens is 1. The summed E-state index contributed by atoms with van der Waals surface area (Å²) in [4.78, 5) is 26.2. The normalized spacial score (nSPS) is 9.76. The van der Waals surface area contributed by atoms with Crippen LogP contribution >= 0.6 is 11.3 Å². The van der Waals surface area contributed by atoms with Gasteiger partial charge in [-0.3, -0.25) is 4.79 Å². The molecule has 0 saturated heterocycles. The van der Waals surface area contributed by atoms with E-state index >= 15 is 0 Å². The van der Waals surface area contributed by atoms with Crippen LogP contribution in [-0.4, -0.2) is 37.2 Å². The van der Waals surface area contributed by atoms with E-state index in [1.807, 2.05) is 0 Å². The Morgan fingerprint density at radius 3 is 2.94 bits per heavy atom. The maximum Gasteiger partial charge on any atom is 0.357 e. The van der Waals surface area contributed by atoms with E-state index in [0.717, 1.165) is 0 Å². The van der Waals surface area contributed by atoms with E-state index in [2.05, 4.69) is 15.0 Å². The lowest BCUT2D eigenvalue weighted by molar-refractivity contribution is -0.140. The largest absolute Gasteiger partial charge is 0.469 e. The van der Waals surface area contributed by atoms with Gasteiger partial charge in [-0.1, -0.05) is 0 Å². The monoisotopic (exact) mass is 258 g/mol. The zero-order chi connectivity index (χ0) is 12.7. The summed E-state index contributed by atoms with van der Waals surface area (Å²) in [7, 11) is 1.34. The summed E-state index contributed by atoms with van der Waals surface area (Å²) in [5.41, 5.74) is 0.275. The number of ether oxygens (including phenoxy) is 2. The van der Waals surface area contributed by atoms with Crippen LogP contribution < -0.4 is 5.32 Å². The van der Waals surface area contributed by atoms with E-state index < -0.39 is 5.97 Å². The molecule has 0 aliphatic heterocycles. The first-order chi connectivity index (χ1) is 8.17. The summed E-state index contributed by atoms with van der Waals surface area (Å²) in [6.07, 6.45) is 0.255. The lowest BCUT2D eigenvalue weighted by atomic mass is 10.4. The Morgan fingerprint density at radius 2 is 2.29 bits per heavy atom. The third kappa shape index (κ3) is 4.39. The third-order valence-electron chi connectivity index (χ3n) is 1.82. The van der Waals surface area contributed by atoms with Gasteiger partial charge in [-0.2, -0.15) is 0 Å². The van der Waals surface area contributed by atoms with E-state index in [-0.39, 0.29) is 18.1 Å². The number of hydrogen-bond donors (Lipinski definition) is 1. The van der Waals surface area contributed by atoms with Crippen molar-refractivity contribution >= 4 is 28.4 Å². The van der Waals surface area contributed by atoms with Crippen molar-refractivity contribution in [3.05, 3.63) is 11.1 Å². The minimum atomic E-state index is -0.440. The molecule has 7 heteroatoms. The van der Waals surface area contributed by atoms with Crippen molar-refractivity contribution in [3.63, 3.8) is 0 Å². The van der Waals surface area contributed by atoms with Crippen LogP contribution in [0.4, 0.5) is 5.13 Å². The Bertz CT molecular complexity index is 391. The molecule has 1 aromatic rings. The Balaban J connectivity index is 2.40. The Morgan fingerprint density at radius 1 is 1.53 bits per heavy atom. The molecule has 0 fully saturated rings. The molecule has 1 aromatic heterocycles. The summed E-state index contributed by atoms with van der Waals surface area (Å²) < 4.78 is 9.30. The van der Waals surface area contributed by atoms with Gasteiger partial charge in [0.15, 0.2) is 10.8 Å². The van der Waals surface area contributed by atoms with Crippen LogP contribution in [0.3, 0.4) is 0 Å². The molecule has 0 radical (unpaired) electrons. The van der Waals surface area contributed by atoms with Gasteiger partial charge in [-0.15, -0.1) is 11.3 Å². The summed E-state index contributed by atoms with van der Waals surface area (Å²) in [6, 6.07) is 0. The second-order valence-corrected chi connectivity index (χ2v) is 3.87. The van der Waals surface area contributed by atoms with Crippen LogP contribution in [0, 0.1) is 0 Å². The summed E-state index contributed by atoms with van der Waals surface area (Å²) >= 11 is 1.29. The smallest absolute Gasteiger partial charge is 0.357 e. The molecule has 0 spiro atoms. The first-order valence-corrected chi connectivity index (χ1v) is 5.98. The van der Waals surface area contributed by atoms with Crippen LogP contribution in [-0.2, 0) is 14.3 Å². The molecule has 6 nitrogen and oxygen atoms in total. The van der Waals surface area contributed by atoms with Gasteiger partial charge in [0.05, 0.1) is 20.1 Å². The highest BCUT2D eigenvalue weighted by Gasteiger charge is 2.11. The molecule has 0 aliphatic rings. The van der Waals surface area contributed by atoms with Gasteiger partial charge in [-0.25, -0.2) is 9.78 Å². The van der Waals surface area contributed by atoms with E-state index in [1.54, 1.807) is 12.3 Å². The van der Waals surface area contributed by atoms with Gasteiger partial charge in [-0.05, 0) is 6.92 Å². The quantitative estimate of drug-likeness (QED) is 0.775. The zero-order valence-electron chi connectivity index (χ0n) is 9.69. The number of rotatable bonds is 6. The number of thiazole rings is 1. The van der Waals surface area contributed by atoms with Gasteiger partial charge in [0.2, 0.25) is 0 Å². The fourth-order valence-electron chi connectivity index (χ4n) is 1.03. The molecule has 0 saturated carbocycles. The van der Waals surface area contributed by atoms with E-state index in [1.165, 1.54) is 18.4 Å². The Hall–Kier alpha value is -1.63. The second-order valence-electron chi connectivity index (χ2n) is 3.01. The van der Waals surface area contributed by atoms with Crippen molar-refractivity contribution in [2.45, 2.75) is 13.3 Å². The summed E-state index contributed by atoms with van der Waals surface area (Å²) in [5, 5.41) is 5.12. The van der Waals surface area contributed by atoms with Gasteiger partial charge in [0, 0.05) is 11.9 Å². The molecule has 94 valence electrons. The Kier molecular flexibility index (Phi) is 5.41. The molecule has 1 heterocycles. The molecule has 1 rings (SSSR count). The van der Waals surface area contributed by atoms with Crippen molar-refractivity contribution in [2.75, 3.05) is 25.6 Å². The van der Waals surface area contributed by atoms with Crippen molar-refractivity contribution < 1.29 is 19.1 Å². The minimum absolute atomic E-state index is 0.255. The third-order valence-corrected chi connectivity index (χ3v) is 2.62. The first kappa shape index (κ1) is 13.4. The number of nitrogens with one attached hydrogen (secondary N) is 1. The lowest BCUT2D eigenvalue weighted by Crippen LogP contribution is -2.10. The predicted octanol–water partition coefficient (Wildman–Crippen LogP) is 1.29. The number of hydrogen-bond acceptors (Lipinski definition) is 7. The van der Waals surface area contributed by atoms with Crippen LogP contribution in [0.25, 0.3) is 0 Å². The number of nitrogens with zero attached hydrogens (tertiary/aromatic N) is 1. The van der Waals surface area contributed by atoms with Crippen molar-refractivity contribution in [3.8, 4) is 0 Å². The topological polar surface area (TPSA) is 77.5 Å². The molecule has 0 amide bonds. The molecule has 0 aromatic carbocycles. The molecular formula is C10H14N2O4S. The minimum Gasteiger partial charge on any atom is -0.469 e. The Labute approximate surface area is 103 Å². The zero-order valence-corrected chi connectivity index (χ0v) is 10.5. The summed E-state index contributed by atoms with van der Waals surface area (Å²) in [6.45, 7) is 2.48. The number of carbonyl (C=O) groups excluding carboxylic acids is 2. The highest BCUT2D eigenvalue weighted by Crippen LogP contribution is 2.15. The van der Waals surface area contributed by atoms with Crippen LogP contribution in [0.5, 0.6) is 0 Å². The van der Waals surface area contributed by atoms with Crippen molar-refractivity contribution in [2.24, 2.45) is 0 Å². The predicted molar refractivity (Wildman–Crippen MR) is 63.2 cm³/mol. The highest BCUT2D eigenvalue weighted by molar-refractivity contribution is 7.13. The number of esters is 2. The van der Waals surface area contributed by atoms with E-state index in [9.17, 15) is 9.59 Å². The van der Waals surface area contributed by atoms with Gasteiger partial charge >= 0.3 is 11.9 Å². The fraction of sp³-hybridized carbons (Fsp3) is 0.500. The lowest BCUT2D eigenvalue weighted by Gasteiger charge is -2.00. The number of methoxy groups -OCH3 is 1. The number of anilines is 1. The molecule has 1 N–H and O–H groups in total. The summed E-state index contributed by atoms with van der Waals surface area (Å²) in [5.74, 6) is -0.732. The standard InChI is InChI=1S/C10H14N2O4S/c1-3-16-9(14)7-6-17-10(12-7)11-5-4-8(13)15-2/h6H,3-5H2,1-2H3,(H,11,12). The molecule has 17 heavy (non-hydrogen) atoms. The van der Waals surface area contributed by atoms with Crippen LogP contribution in [0.1, 0.15) is 23.8 Å². The molecule has 0 atom stereocenters. The number of carbonyl (C=O) groups is 2. The van der Waals surface area contributed by atoms with Crippen LogP contribution in [0.15, 0.2) is 5.38 Å². The average molecular weight is 258 g/mol. The van der Waals surface area contributed by atoms with E-state index in [0.29, 0.717) is 18.3 Å². The van der Waals surface area contributed by atoms with Gasteiger partial charge < -0.3 is 14.8 Å². The van der Waals surface area contributed by atoms with Gasteiger partial charge in [0.25, 0.3) is 0 Å². The first-order valence-electron chi connectivity index (χ1n) is 5.10. The average Bonchev–Trinajstić information content (AvgIpc) is 2.78. The van der Waals surface area contributed by atoms with E-state index in [4.69, 9.17) is 4.74 Å². The van der Waals surface area contributed by atoms with Crippen molar-refractivity contribution in [1.29, 1.82) is 0 Å². The van der Waals surface area contributed by atoms with Gasteiger partial charge in [0.1, 0.15) is 0 Å². The molecule has 0 aliphatic carbocycles. The fourth-order valence-corrected chi connectivity index (χ4v) is 1.74. The van der Waals surface area contributed by atoms with Crippen molar-refractivity contribution in [1.82, 2.24) is 4.98 Å². The molecular weight excluding hydrogens is 244 g/mol. The highest BCUT2D eigenvalue weighted by atomic mass is 32.1. The SMILES string of the molecule is CCOC(=O)c1csc(NCCC(=O)OC)n1. The maximum absolute atomic E-state index is 11.3. The second kappa shape index (κ2) is 6.85. The van der Waals surface area contributed by atoms with Crippen LogP contribution in [0.2, 0.25) is 0 Å². The molecule has 0 bridgehead atoms.